The van der Waals surface area contributed by atoms with E-state index in [0.29, 0.717) is 12.3 Å². The fourth-order valence-electron chi connectivity index (χ4n) is 4.40. The Morgan fingerprint density at radius 2 is 2.00 bits per heavy atom. The van der Waals surface area contributed by atoms with E-state index in [-0.39, 0.29) is 5.91 Å². The lowest BCUT2D eigenvalue weighted by atomic mass is 9.85. The predicted molar refractivity (Wildman–Crippen MR) is 108 cm³/mol. The minimum Gasteiger partial charge on any atom is -0.342 e. The maximum Gasteiger partial charge on any atom is 0.227 e. The van der Waals surface area contributed by atoms with Gasteiger partial charge in [0.25, 0.3) is 0 Å². The molecule has 144 valence electrons. The molecule has 1 aliphatic heterocycles. The zero-order valence-corrected chi connectivity index (χ0v) is 16.7. The highest BCUT2D eigenvalue weighted by molar-refractivity contribution is 5.79. The summed E-state index contributed by atoms with van der Waals surface area (Å²) >= 11 is 0. The molecule has 27 heavy (non-hydrogen) atoms. The number of hydrogen-bond donors (Lipinski definition) is 0. The van der Waals surface area contributed by atoms with Crippen LogP contribution in [0.4, 0.5) is 0 Å². The molecule has 4 nitrogen and oxygen atoms in total. The molecule has 2 fully saturated rings. The normalized spacial score (nSPS) is 20.5. The van der Waals surface area contributed by atoms with Crippen molar-refractivity contribution in [2.75, 3.05) is 13.1 Å². The van der Waals surface area contributed by atoms with Gasteiger partial charge >= 0.3 is 0 Å². The minimum absolute atomic E-state index is 0.250. The van der Waals surface area contributed by atoms with E-state index in [0.717, 1.165) is 44.0 Å². The lowest BCUT2D eigenvalue weighted by molar-refractivity contribution is -0.131. The van der Waals surface area contributed by atoms with Gasteiger partial charge in [-0.3, -0.25) is 4.79 Å². The zero-order valence-electron chi connectivity index (χ0n) is 16.7. The number of hydrogen-bond acceptors (Lipinski definition) is 2. The van der Waals surface area contributed by atoms with Crippen LogP contribution in [0.2, 0.25) is 0 Å². The van der Waals surface area contributed by atoms with Crippen LogP contribution >= 0.6 is 0 Å². The van der Waals surface area contributed by atoms with Crippen LogP contribution in [0.5, 0.6) is 0 Å². The van der Waals surface area contributed by atoms with Crippen LogP contribution in [0.3, 0.4) is 0 Å². The zero-order chi connectivity index (χ0) is 18.8. The molecule has 1 saturated carbocycles. The summed E-state index contributed by atoms with van der Waals surface area (Å²) in [5, 5.41) is 0. The van der Waals surface area contributed by atoms with Gasteiger partial charge in [0.05, 0.1) is 6.42 Å². The van der Waals surface area contributed by atoms with Crippen molar-refractivity contribution < 1.29 is 4.79 Å². The second-order valence-electron chi connectivity index (χ2n) is 8.51. The Morgan fingerprint density at radius 3 is 2.74 bits per heavy atom. The molecule has 1 atom stereocenters. The quantitative estimate of drug-likeness (QED) is 0.794. The highest BCUT2D eigenvalue weighted by Crippen LogP contribution is 2.31. The number of aryl methyl sites for hydroxylation is 2. The minimum atomic E-state index is 0.250. The molecule has 0 spiro atoms. The number of imidazole rings is 1. The van der Waals surface area contributed by atoms with Crippen LogP contribution in [0.25, 0.3) is 0 Å². The van der Waals surface area contributed by atoms with E-state index in [1.807, 2.05) is 6.20 Å². The molecule has 4 rings (SSSR count). The van der Waals surface area contributed by atoms with Gasteiger partial charge < -0.3 is 9.47 Å². The van der Waals surface area contributed by atoms with Crippen molar-refractivity contribution in [1.29, 1.82) is 0 Å². The molecule has 2 aromatic rings. The average Bonchev–Trinajstić information content (AvgIpc) is 3.10. The molecule has 0 N–H and O–H groups in total. The summed E-state index contributed by atoms with van der Waals surface area (Å²) in [7, 11) is 0. The smallest absolute Gasteiger partial charge is 0.227 e. The summed E-state index contributed by atoms with van der Waals surface area (Å²) in [6, 6.07) is 6.36. The van der Waals surface area contributed by atoms with E-state index in [9.17, 15) is 4.79 Å². The van der Waals surface area contributed by atoms with Gasteiger partial charge in [-0.05, 0) is 62.1 Å². The summed E-state index contributed by atoms with van der Waals surface area (Å²) in [4.78, 5) is 19.6. The molecule has 1 aromatic heterocycles. The van der Waals surface area contributed by atoms with Gasteiger partial charge in [0.2, 0.25) is 5.91 Å². The number of likely N-dealkylation sites (tertiary alicyclic amines) is 1. The average molecular weight is 366 g/mol. The molecule has 0 radical (unpaired) electrons. The third-order valence-electron chi connectivity index (χ3n) is 6.49. The predicted octanol–water partition coefficient (Wildman–Crippen LogP) is 4.25. The second-order valence-corrected chi connectivity index (χ2v) is 8.51. The largest absolute Gasteiger partial charge is 0.342 e. The van der Waals surface area contributed by atoms with Crippen molar-refractivity contribution in [2.24, 2.45) is 5.92 Å². The first-order chi connectivity index (χ1) is 13.1. The van der Waals surface area contributed by atoms with Crippen LogP contribution in [0.15, 0.2) is 30.6 Å². The summed E-state index contributed by atoms with van der Waals surface area (Å²) in [6.07, 6.45) is 10.8. The number of rotatable bonds is 5. The number of carbonyl (C=O) groups excluding carboxylic acids is 1. The second kappa shape index (κ2) is 7.87. The number of carbonyl (C=O) groups is 1. The first kappa shape index (κ1) is 18.3. The van der Waals surface area contributed by atoms with Gasteiger partial charge in [0.15, 0.2) is 0 Å². The first-order valence-corrected chi connectivity index (χ1v) is 10.4. The van der Waals surface area contributed by atoms with Gasteiger partial charge in [0.1, 0.15) is 5.82 Å². The molecule has 1 aromatic carbocycles. The fourth-order valence-corrected chi connectivity index (χ4v) is 4.40. The van der Waals surface area contributed by atoms with E-state index >= 15 is 0 Å². The summed E-state index contributed by atoms with van der Waals surface area (Å²) < 4.78 is 2.35. The molecular formula is C23H31N3O. The van der Waals surface area contributed by atoms with Gasteiger partial charge in [-0.1, -0.05) is 24.6 Å². The Morgan fingerprint density at radius 1 is 1.15 bits per heavy atom. The monoisotopic (exact) mass is 365 g/mol. The first-order valence-electron chi connectivity index (χ1n) is 10.4. The van der Waals surface area contributed by atoms with E-state index in [4.69, 9.17) is 0 Å². The van der Waals surface area contributed by atoms with Crippen LogP contribution in [-0.4, -0.2) is 33.4 Å². The number of amides is 1. The number of nitrogens with zero attached hydrogens (tertiary/aromatic N) is 3. The Kier molecular flexibility index (Phi) is 5.33. The molecule has 1 unspecified atom stereocenters. The van der Waals surface area contributed by atoms with Crippen molar-refractivity contribution in [3.8, 4) is 0 Å². The van der Waals surface area contributed by atoms with Crippen LogP contribution in [0.1, 0.15) is 60.5 Å². The van der Waals surface area contributed by atoms with Gasteiger partial charge in [-0.15, -0.1) is 0 Å². The molecule has 2 aliphatic rings. The van der Waals surface area contributed by atoms with E-state index in [1.54, 1.807) is 0 Å². The van der Waals surface area contributed by atoms with Crippen LogP contribution in [-0.2, 0) is 17.8 Å². The molecule has 1 saturated heterocycles. The Labute approximate surface area is 162 Å². The number of aromatic nitrogens is 2. The molecule has 1 aliphatic carbocycles. The number of benzene rings is 1. The maximum atomic E-state index is 12.9. The van der Waals surface area contributed by atoms with Gasteiger partial charge in [-0.25, -0.2) is 4.98 Å². The lowest BCUT2D eigenvalue weighted by Gasteiger charge is -2.34. The van der Waals surface area contributed by atoms with Crippen LogP contribution < -0.4 is 0 Å². The lowest BCUT2D eigenvalue weighted by Crippen LogP contribution is -2.40. The highest BCUT2D eigenvalue weighted by Gasteiger charge is 2.28. The van der Waals surface area contributed by atoms with Crippen molar-refractivity contribution in [1.82, 2.24) is 14.5 Å². The topological polar surface area (TPSA) is 38.1 Å². The Hall–Kier alpha value is -2.10. The summed E-state index contributed by atoms with van der Waals surface area (Å²) in [5.41, 5.74) is 3.66. The van der Waals surface area contributed by atoms with Crippen molar-refractivity contribution >= 4 is 5.91 Å². The maximum absolute atomic E-state index is 12.9. The van der Waals surface area contributed by atoms with Gasteiger partial charge in [-0.2, -0.15) is 0 Å². The third kappa shape index (κ3) is 4.10. The molecule has 0 bridgehead atoms. The van der Waals surface area contributed by atoms with Crippen molar-refractivity contribution in [3.05, 3.63) is 53.1 Å². The van der Waals surface area contributed by atoms with Crippen LogP contribution in [0, 0.1) is 19.8 Å². The molecule has 2 heterocycles. The third-order valence-corrected chi connectivity index (χ3v) is 6.49. The molecule has 4 heteroatoms. The highest BCUT2D eigenvalue weighted by atomic mass is 16.2. The van der Waals surface area contributed by atoms with E-state index < -0.39 is 0 Å². The van der Waals surface area contributed by atoms with Gasteiger partial charge in [0, 0.05) is 37.9 Å². The van der Waals surface area contributed by atoms with Crippen molar-refractivity contribution in [3.63, 3.8) is 0 Å². The molecule has 1 amide bonds. The van der Waals surface area contributed by atoms with E-state index in [2.05, 4.69) is 52.7 Å². The number of piperidine rings is 1. The summed E-state index contributed by atoms with van der Waals surface area (Å²) in [5.74, 6) is 2.63. The van der Waals surface area contributed by atoms with E-state index in [1.165, 1.54) is 36.2 Å². The van der Waals surface area contributed by atoms with Crippen molar-refractivity contribution in [2.45, 2.75) is 64.8 Å². The summed E-state index contributed by atoms with van der Waals surface area (Å²) in [6.45, 7) is 7.02. The Balaban J connectivity index is 1.41. The SMILES string of the molecule is Cc1ccc(CC(=O)N2CCCC(c3nccn3CC3CCC3)C2)cc1C. The fraction of sp³-hybridized carbons (Fsp3) is 0.565. The standard InChI is InChI=1S/C23H31N3O/c1-17-8-9-20(13-18(17)2)14-22(27)25-11-4-7-21(16-25)23-24-10-12-26(23)15-19-5-3-6-19/h8-10,12-13,19,21H,3-7,11,14-16H2,1-2H3. The Bertz CT molecular complexity index is 806. The molecular weight excluding hydrogens is 334 g/mol.